The summed E-state index contributed by atoms with van der Waals surface area (Å²) in [5.74, 6) is 5.54. The lowest BCUT2D eigenvalue weighted by Crippen LogP contribution is -2.31. The van der Waals surface area contributed by atoms with E-state index < -0.39 is 17.8 Å². The van der Waals surface area contributed by atoms with Gasteiger partial charge in [-0.2, -0.15) is 13.2 Å². The number of benzene rings is 1. The molecule has 2 rings (SSSR count). The van der Waals surface area contributed by atoms with E-state index >= 15 is 0 Å². The van der Waals surface area contributed by atoms with E-state index in [-0.39, 0.29) is 5.56 Å². The summed E-state index contributed by atoms with van der Waals surface area (Å²) < 4.78 is 39.5. The highest BCUT2D eigenvalue weighted by Gasteiger charge is 2.36. The topological polar surface area (TPSA) is 50.9 Å². The molecule has 0 amide bonds. The molecule has 0 saturated heterocycles. The van der Waals surface area contributed by atoms with Crippen LogP contribution < -0.4 is 11.3 Å². The molecule has 0 aliphatic rings. The molecular weight excluding hydrogens is 279 g/mol. The summed E-state index contributed by atoms with van der Waals surface area (Å²) in [7, 11) is 0. The van der Waals surface area contributed by atoms with Crippen LogP contribution in [0.1, 0.15) is 33.9 Å². The lowest BCUT2D eigenvalue weighted by atomic mass is 9.90. The molecule has 0 saturated carbocycles. The molecule has 0 aliphatic carbocycles. The number of rotatable bonds is 3. The van der Waals surface area contributed by atoms with E-state index in [1.807, 2.05) is 32.0 Å². The quantitative estimate of drug-likeness (QED) is 0.675. The number of aromatic nitrogens is 1. The van der Waals surface area contributed by atoms with Crippen LogP contribution in [-0.2, 0) is 6.18 Å². The maximum absolute atomic E-state index is 13.2. The molecule has 0 radical (unpaired) electrons. The van der Waals surface area contributed by atoms with Gasteiger partial charge in [0.05, 0.1) is 11.6 Å². The minimum atomic E-state index is -4.45. The van der Waals surface area contributed by atoms with Gasteiger partial charge in [0, 0.05) is 18.0 Å². The Morgan fingerprint density at radius 2 is 1.76 bits per heavy atom. The molecule has 0 spiro atoms. The Bertz CT molecular complexity index is 618. The summed E-state index contributed by atoms with van der Waals surface area (Å²) in [6.07, 6.45) is -2.12. The number of pyridine rings is 1. The Hall–Kier alpha value is -1.92. The maximum atomic E-state index is 13.2. The van der Waals surface area contributed by atoms with Crippen LogP contribution in [0.15, 0.2) is 36.7 Å². The van der Waals surface area contributed by atoms with Crippen molar-refractivity contribution in [3.63, 3.8) is 0 Å². The molecule has 6 heteroatoms. The fraction of sp³-hybridized carbons (Fsp3) is 0.267. The molecule has 1 unspecified atom stereocenters. The molecule has 1 aromatic carbocycles. The number of hydrogen-bond donors (Lipinski definition) is 2. The summed E-state index contributed by atoms with van der Waals surface area (Å²) >= 11 is 0. The SMILES string of the molecule is Cc1cccc(C)c1C(NN)c1cnccc1C(F)(F)F. The normalized spacial score (nSPS) is 13.2. The van der Waals surface area contributed by atoms with Crippen LogP contribution in [-0.4, -0.2) is 4.98 Å². The van der Waals surface area contributed by atoms with Gasteiger partial charge in [-0.1, -0.05) is 18.2 Å². The molecule has 1 aromatic heterocycles. The van der Waals surface area contributed by atoms with E-state index in [0.717, 1.165) is 29.0 Å². The van der Waals surface area contributed by atoms with E-state index in [1.165, 1.54) is 6.20 Å². The molecule has 0 fully saturated rings. The monoisotopic (exact) mass is 295 g/mol. The van der Waals surface area contributed by atoms with Gasteiger partial charge in [0.15, 0.2) is 0 Å². The van der Waals surface area contributed by atoms with Crippen molar-refractivity contribution in [1.82, 2.24) is 10.4 Å². The third kappa shape index (κ3) is 3.06. The van der Waals surface area contributed by atoms with Crippen LogP contribution >= 0.6 is 0 Å². The van der Waals surface area contributed by atoms with Crippen molar-refractivity contribution >= 4 is 0 Å². The van der Waals surface area contributed by atoms with Crippen molar-refractivity contribution in [3.05, 3.63) is 64.5 Å². The molecule has 21 heavy (non-hydrogen) atoms. The van der Waals surface area contributed by atoms with Crippen molar-refractivity contribution < 1.29 is 13.2 Å². The average molecular weight is 295 g/mol. The number of nitrogens with two attached hydrogens (primary N) is 1. The highest BCUT2D eigenvalue weighted by atomic mass is 19.4. The van der Waals surface area contributed by atoms with Crippen molar-refractivity contribution in [3.8, 4) is 0 Å². The summed E-state index contributed by atoms with van der Waals surface area (Å²) in [4.78, 5) is 3.82. The molecule has 0 bridgehead atoms. The van der Waals surface area contributed by atoms with Crippen LogP contribution in [0.2, 0.25) is 0 Å². The Kier molecular flexibility index (Phi) is 4.29. The lowest BCUT2D eigenvalue weighted by Gasteiger charge is -2.24. The summed E-state index contributed by atoms with van der Waals surface area (Å²) in [5, 5.41) is 0. The predicted octanol–water partition coefficient (Wildman–Crippen LogP) is 3.27. The van der Waals surface area contributed by atoms with Gasteiger partial charge in [-0.15, -0.1) is 0 Å². The largest absolute Gasteiger partial charge is 0.416 e. The highest BCUT2D eigenvalue weighted by Crippen LogP contribution is 2.37. The fourth-order valence-electron chi connectivity index (χ4n) is 2.51. The molecule has 0 aliphatic heterocycles. The van der Waals surface area contributed by atoms with E-state index in [4.69, 9.17) is 5.84 Å². The fourth-order valence-corrected chi connectivity index (χ4v) is 2.51. The molecule has 2 aromatic rings. The van der Waals surface area contributed by atoms with Gasteiger partial charge in [0.2, 0.25) is 0 Å². The smallest absolute Gasteiger partial charge is 0.271 e. The zero-order valence-electron chi connectivity index (χ0n) is 11.7. The van der Waals surface area contributed by atoms with Crippen LogP contribution in [0.5, 0.6) is 0 Å². The number of halogens is 3. The van der Waals surface area contributed by atoms with Gasteiger partial charge >= 0.3 is 6.18 Å². The molecule has 1 atom stereocenters. The minimum Gasteiger partial charge on any atom is -0.271 e. The second-order valence-electron chi connectivity index (χ2n) is 4.87. The zero-order valence-corrected chi connectivity index (χ0v) is 11.7. The molecule has 3 nitrogen and oxygen atoms in total. The second kappa shape index (κ2) is 5.83. The Morgan fingerprint density at radius 1 is 1.14 bits per heavy atom. The molecular formula is C15H16F3N3. The van der Waals surface area contributed by atoms with Gasteiger partial charge in [0.1, 0.15) is 0 Å². The maximum Gasteiger partial charge on any atom is 0.416 e. The number of nitrogens with zero attached hydrogens (tertiary/aromatic N) is 1. The van der Waals surface area contributed by atoms with Crippen LogP contribution in [0.25, 0.3) is 0 Å². The number of nitrogens with one attached hydrogen (secondary N) is 1. The first-order valence-corrected chi connectivity index (χ1v) is 6.39. The average Bonchev–Trinajstić information content (AvgIpc) is 2.42. The van der Waals surface area contributed by atoms with Crippen molar-refractivity contribution in [2.45, 2.75) is 26.1 Å². The van der Waals surface area contributed by atoms with Gasteiger partial charge in [0.25, 0.3) is 0 Å². The molecule has 3 N–H and O–H groups in total. The Morgan fingerprint density at radius 3 is 2.29 bits per heavy atom. The standard InChI is InChI=1S/C15H16F3N3/c1-9-4-3-5-10(2)13(9)14(21-19)11-8-20-7-6-12(11)15(16,17)18/h3-8,14,21H,19H2,1-2H3. The van der Waals surface area contributed by atoms with E-state index in [0.29, 0.717) is 0 Å². The third-order valence-electron chi connectivity index (χ3n) is 3.47. The first kappa shape index (κ1) is 15.5. The third-order valence-corrected chi connectivity index (χ3v) is 3.47. The van der Waals surface area contributed by atoms with E-state index in [9.17, 15) is 13.2 Å². The summed E-state index contributed by atoms with van der Waals surface area (Å²) in [6.45, 7) is 3.69. The number of aryl methyl sites for hydroxylation is 2. The lowest BCUT2D eigenvalue weighted by molar-refractivity contribution is -0.138. The first-order chi connectivity index (χ1) is 9.86. The number of hydrogen-bond acceptors (Lipinski definition) is 3. The molecule has 1 heterocycles. The van der Waals surface area contributed by atoms with Gasteiger partial charge in [-0.05, 0) is 36.6 Å². The number of hydrazine groups is 1. The first-order valence-electron chi connectivity index (χ1n) is 6.39. The Labute approximate surface area is 121 Å². The minimum absolute atomic E-state index is 0.0184. The van der Waals surface area contributed by atoms with Crippen LogP contribution in [0, 0.1) is 13.8 Å². The van der Waals surface area contributed by atoms with Crippen molar-refractivity contribution in [1.29, 1.82) is 0 Å². The molecule has 112 valence electrons. The Balaban J connectivity index is 2.63. The highest BCUT2D eigenvalue weighted by molar-refractivity contribution is 5.44. The summed E-state index contributed by atoms with van der Waals surface area (Å²) in [5.41, 5.74) is 4.25. The van der Waals surface area contributed by atoms with Crippen LogP contribution in [0.4, 0.5) is 13.2 Å². The number of alkyl halides is 3. The zero-order chi connectivity index (χ0) is 15.6. The van der Waals surface area contributed by atoms with Crippen molar-refractivity contribution in [2.24, 2.45) is 5.84 Å². The van der Waals surface area contributed by atoms with E-state index in [1.54, 1.807) is 0 Å². The van der Waals surface area contributed by atoms with Gasteiger partial charge in [-0.25, -0.2) is 5.43 Å². The van der Waals surface area contributed by atoms with Crippen molar-refractivity contribution in [2.75, 3.05) is 0 Å². The van der Waals surface area contributed by atoms with E-state index in [2.05, 4.69) is 10.4 Å². The van der Waals surface area contributed by atoms with Crippen LogP contribution in [0.3, 0.4) is 0 Å². The predicted molar refractivity (Wildman–Crippen MR) is 74.3 cm³/mol. The summed E-state index contributed by atoms with van der Waals surface area (Å²) in [6, 6.07) is 5.74. The van der Waals surface area contributed by atoms with Gasteiger partial charge < -0.3 is 0 Å². The van der Waals surface area contributed by atoms with Gasteiger partial charge in [-0.3, -0.25) is 10.8 Å². The second-order valence-corrected chi connectivity index (χ2v) is 4.87.